The number of rotatable bonds is 8. The Morgan fingerprint density at radius 2 is 1.93 bits per heavy atom. The number of furan rings is 1. The Bertz CT molecular complexity index is 835. The van der Waals surface area contributed by atoms with Gasteiger partial charge in [-0.15, -0.1) is 0 Å². The first kappa shape index (κ1) is 20.6. The van der Waals surface area contributed by atoms with Crippen LogP contribution in [-0.2, 0) is 17.9 Å². The minimum absolute atomic E-state index is 0.0191. The van der Waals surface area contributed by atoms with Crippen molar-refractivity contribution >= 4 is 11.9 Å². The first-order valence-corrected chi connectivity index (χ1v) is 9.71. The predicted molar refractivity (Wildman–Crippen MR) is 106 cm³/mol. The highest BCUT2D eigenvalue weighted by Gasteiger charge is 2.24. The summed E-state index contributed by atoms with van der Waals surface area (Å²) in [6.45, 7) is 6.97. The van der Waals surface area contributed by atoms with Crippen LogP contribution in [-0.4, -0.2) is 47.7 Å². The molecule has 0 bridgehead atoms. The van der Waals surface area contributed by atoms with Gasteiger partial charge in [0.15, 0.2) is 11.5 Å². The van der Waals surface area contributed by atoms with Crippen LogP contribution in [0.5, 0.6) is 11.5 Å². The van der Waals surface area contributed by atoms with Gasteiger partial charge in [-0.05, 0) is 50.6 Å². The molecule has 0 fully saturated rings. The summed E-state index contributed by atoms with van der Waals surface area (Å²) < 4.78 is 16.2. The van der Waals surface area contributed by atoms with Gasteiger partial charge in [-0.1, -0.05) is 6.07 Å². The third-order valence-electron chi connectivity index (χ3n) is 4.61. The Kier molecular flexibility index (Phi) is 6.64. The van der Waals surface area contributed by atoms with E-state index in [2.05, 4.69) is 5.32 Å². The van der Waals surface area contributed by atoms with E-state index in [4.69, 9.17) is 13.9 Å². The molecule has 3 rings (SSSR count). The fraction of sp³-hybridized carbons (Fsp3) is 0.429. The minimum atomic E-state index is -0.253. The standard InChI is InChI=1S/C21H27N3O5/c1-4-22-21(26)24(15(2)3)13-20(25)23(12-17-6-5-9-27-17)11-16-7-8-18-19(10-16)29-14-28-18/h5-10,15H,4,11-14H2,1-3H3,(H,22,26). The van der Waals surface area contributed by atoms with Crippen LogP contribution in [0.25, 0.3) is 0 Å². The number of hydrogen-bond donors (Lipinski definition) is 1. The number of nitrogens with one attached hydrogen (secondary N) is 1. The van der Waals surface area contributed by atoms with E-state index in [1.165, 1.54) is 4.90 Å². The summed E-state index contributed by atoms with van der Waals surface area (Å²) in [7, 11) is 0. The smallest absolute Gasteiger partial charge is 0.318 e. The molecular formula is C21H27N3O5. The molecular weight excluding hydrogens is 374 g/mol. The number of carbonyl (C=O) groups excluding carboxylic acids is 2. The van der Waals surface area contributed by atoms with Crippen LogP contribution >= 0.6 is 0 Å². The SMILES string of the molecule is CCNC(=O)N(CC(=O)N(Cc1ccc2c(c1)OCO2)Cc1ccco1)C(C)C. The molecule has 0 unspecified atom stereocenters. The highest BCUT2D eigenvalue weighted by Crippen LogP contribution is 2.33. The van der Waals surface area contributed by atoms with Gasteiger partial charge in [-0.3, -0.25) is 4.79 Å². The zero-order valence-electron chi connectivity index (χ0n) is 17.0. The van der Waals surface area contributed by atoms with Crippen molar-refractivity contribution in [3.63, 3.8) is 0 Å². The normalized spacial score (nSPS) is 12.1. The molecule has 8 heteroatoms. The molecule has 0 saturated heterocycles. The summed E-state index contributed by atoms with van der Waals surface area (Å²) in [5.41, 5.74) is 0.906. The fourth-order valence-corrected chi connectivity index (χ4v) is 3.07. The molecule has 1 aliphatic heterocycles. The van der Waals surface area contributed by atoms with E-state index in [0.29, 0.717) is 36.9 Å². The molecule has 156 valence electrons. The third kappa shape index (κ3) is 5.22. The van der Waals surface area contributed by atoms with Gasteiger partial charge in [0.25, 0.3) is 0 Å². The van der Waals surface area contributed by atoms with Gasteiger partial charge < -0.3 is 29.0 Å². The van der Waals surface area contributed by atoms with E-state index < -0.39 is 0 Å². The van der Waals surface area contributed by atoms with Crippen LogP contribution in [0.3, 0.4) is 0 Å². The lowest BCUT2D eigenvalue weighted by atomic mass is 10.1. The van der Waals surface area contributed by atoms with E-state index in [-0.39, 0.29) is 31.3 Å². The first-order valence-electron chi connectivity index (χ1n) is 9.71. The zero-order chi connectivity index (χ0) is 20.8. The van der Waals surface area contributed by atoms with Crippen molar-refractivity contribution in [1.29, 1.82) is 0 Å². The number of amides is 3. The molecule has 1 aromatic heterocycles. The second-order valence-corrected chi connectivity index (χ2v) is 7.07. The summed E-state index contributed by atoms with van der Waals surface area (Å²) in [6, 6.07) is 8.85. The van der Waals surface area contributed by atoms with Gasteiger partial charge in [-0.2, -0.15) is 0 Å². The molecule has 0 aliphatic carbocycles. The molecule has 3 amide bonds. The monoisotopic (exact) mass is 401 g/mol. The highest BCUT2D eigenvalue weighted by molar-refractivity contribution is 5.84. The van der Waals surface area contributed by atoms with Gasteiger partial charge in [0, 0.05) is 19.1 Å². The van der Waals surface area contributed by atoms with E-state index in [9.17, 15) is 9.59 Å². The number of carbonyl (C=O) groups is 2. The predicted octanol–water partition coefficient (Wildman–Crippen LogP) is 2.98. The van der Waals surface area contributed by atoms with Crippen LogP contribution in [0, 0.1) is 0 Å². The van der Waals surface area contributed by atoms with Crippen molar-refractivity contribution in [1.82, 2.24) is 15.1 Å². The van der Waals surface area contributed by atoms with Crippen molar-refractivity contribution in [2.75, 3.05) is 19.9 Å². The number of benzene rings is 1. The fourth-order valence-electron chi connectivity index (χ4n) is 3.07. The molecule has 0 atom stereocenters. The maximum Gasteiger partial charge on any atom is 0.318 e. The summed E-state index contributed by atoms with van der Waals surface area (Å²) in [5, 5.41) is 2.76. The Hall–Kier alpha value is -3.16. The van der Waals surface area contributed by atoms with Gasteiger partial charge in [0.2, 0.25) is 12.7 Å². The minimum Gasteiger partial charge on any atom is -0.467 e. The van der Waals surface area contributed by atoms with E-state index in [1.54, 1.807) is 17.2 Å². The molecule has 29 heavy (non-hydrogen) atoms. The summed E-state index contributed by atoms with van der Waals surface area (Å²) in [5.74, 6) is 1.87. The Morgan fingerprint density at radius 1 is 1.14 bits per heavy atom. The second-order valence-electron chi connectivity index (χ2n) is 7.07. The van der Waals surface area contributed by atoms with Crippen LogP contribution < -0.4 is 14.8 Å². The second kappa shape index (κ2) is 9.36. The Balaban J connectivity index is 1.76. The van der Waals surface area contributed by atoms with Gasteiger partial charge >= 0.3 is 6.03 Å². The van der Waals surface area contributed by atoms with Crippen molar-refractivity contribution in [2.45, 2.75) is 39.9 Å². The zero-order valence-corrected chi connectivity index (χ0v) is 17.0. The van der Waals surface area contributed by atoms with E-state index in [1.807, 2.05) is 45.0 Å². The quantitative estimate of drug-likeness (QED) is 0.735. The molecule has 0 radical (unpaired) electrons. The lowest BCUT2D eigenvalue weighted by Crippen LogP contribution is -2.49. The van der Waals surface area contributed by atoms with Crippen LogP contribution in [0.15, 0.2) is 41.0 Å². The molecule has 2 heterocycles. The lowest BCUT2D eigenvalue weighted by Gasteiger charge is -2.29. The van der Waals surface area contributed by atoms with E-state index >= 15 is 0 Å². The van der Waals surface area contributed by atoms with Crippen molar-refractivity contribution in [3.8, 4) is 11.5 Å². The van der Waals surface area contributed by atoms with Crippen LogP contribution in [0.2, 0.25) is 0 Å². The third-order valence-corrected chi connectivity index (χ3v) is 4.61. The maximum absolute atomic E-state index is 13.1. The molecule has 1 aromatic carbocycles. The largest absolute Gasteiger partial charge is 0.467 e. The Morgan fingerprint density at radius 3 is 2.62 bits per heavy atom. The molecule has 1 aliphatic rings. The van der Waals surface area contributed by atoms with Gasteiger partial charge in [0.05, 0.1) is 12.8 Å². The maximum atomic E-state index is 13.1. The molecule has 0 spiro atoms. The molecule has 8 nitrogen and oxygen atoms in total. The summed E-state index contributed by atoms with van der Waals surface area (Å²) >= 11 is 0. The molecule has 0 saturated carbocycles. The number of nitrogens with zero attached hydrogens (tertiary/aromatic N) is 2. The van der Waals surface area contributed by atoms with Crippen molar-refractivity contribution in [2.24, 2.45) is 0 Å². The summed E-state index contributed by atoms with van der Waals surface area (Å²) in [4.78, 5) is 28.7. The number of hydrogen-bond acceptors (Lipinski definition) is 5. The molecule has 1 N–H and O–H groups in total. The average Bonchev–Trinajstić information content (AvgIpc) is 3.36. The number of fused-ring (bicyclic) bond motifs is 1. The van der Waals surface area contributed by atoms with E-state index in [0.717, 1.165) is 5.56 Å². The van der Waals surface area contributed by atoms with Gasteiger partial charge in [0.1, 0.15) is 12.3 Å². The van der Waals surface area contributed by atoms with Crippen LogP contribution in [0.1, 0.15) is 32.1 Å². The number of ether oxygens (including phenoxy) is 2. The molecule has 2 aromatic rings. The first-order chi connectivity index (χ1) is 14.0. The van der Waals surface area contributed by atoms with Crippen LogP contribution in [0.4, 0.5) is 4.79 Å². The van der Waals surface area contributed by atoms with Crippen molar-refractivity contribution < 1.29 is 23.5 Å². The average molecular weight is 401 g/mol. The van der Waals surface area contributed by atoms with Crippen molar-refractivity contribution in [3.05, 3.63) is 47.9 Å². The topological polar surface area (TPSA) is 84.3 Å². The summed E-state index contributed by atoms with van der Waals surface area (Å²) in [6.07, 6.45) is 1.58. The Labute approximate surface area is 170 Å². The van der Waals surface area contributed by atoms with Gasteiger partial charge in [-0.25, -0.2) is 4.79 Å². The highest BCUT2D eigenvalue weighted by atomic mass is 16.7. The number of urea groups is 1. The lowest BCUT2D eigenvalue weighted by molar-refractivity contribution is -0.133.